The number of aliphatic hydroxyl groups excluding tert-OH is 2. The van der Waals surface area contributed by atoms with E-state index in [-0.39, 0.29) is 13.2 Å². The number of hydrogen-bond acceptors (Lipinski definition) is 6. The van der Waals surface area contributed by atoms with Crippen molar-refractivity contribution >= 4 is 0 Å². The minimum atomic E-state index is -0.580. The molecular formula is C22H30N2O6+2. The van der Waals surface area contributed by atoms with Crippen molar-refractivity contribution in [2.24, 2.45) is 0 Å². The van der Waals surface area contributed by atoms with Gasteiger partial charge in [-0.1, -0.05) is 0 Å². The third kappa shape index (κ3) is 7.92. The number of benzene rings is 1. The molecule has 3 aromatic rings. The molecule has 0 bridgehead atoms. The Balaban J connectivity index is 1.27. The van der Waals surface area contributed by atoms with Crippen molar-refractivity contribution in [1.82, 2.24) is 0 Å². The van der Waals surface area contributed by atoms with Crippen LogP contribution in [0.15, 0.2) is 69.9 Å². The molecule has 8 heteroatoms. The summed E-state index contributed by atoms with van der Waals surface area (Å²) in [6.07, 6.45) is 2.11. The zero-order valence-electron chi connectivity index (χ0n) is 16.9. The number of furan rings is 2. The SMILES string of the molecule is O[C@H](C[NH2+]Cc1ccco1)COc1ccc(OC[C@@H](O)C[NH2+]Cc2ccco2)cc1. The smallest absolute Gasteiger partial charge is 0.157 e. The van der Waals surface area contributed by atoms with E-state index in [0.717, 1.165) is 11.5 Å². The van der Waals surface area contributed by atoms with Crippen LogP contribution in [0.3, 0.4) is 0 Å². The fourth-order valence-electron chi connectivity index (χ4n) is 2.85. The van der Waals surface area contributed by atoms with Gasteiger partial charge in [0, 0.05) is 0 Å². The summed E-state index contributed by atoms with van der Waals surface area (Å²) in [5, 5.41) is 24.0. The van der Waals surface area contributed by atoms with Gasteiger partial charge >= 0.3 is 0 Å². The minimum Gasteiger partial charge on any atom is -0.491 e. The van der Waals surface area contributed by atoms with Crippen molar-refractivity contribution in [2.45, 2.75) is 25.3 Å². The summed E-state index contributed by atoms with van der Waals surface area (Å²) in [6, 6.07) is 14.6. The topological polar surface area (TPSA) is 118 Å². The quantitative estimate of drug-likeness (QED) is 0.290. The highest BCUT2D eigenvalue weighted by Gasteiger charge is 2.10. The zero-order chi connectivity index (χ0) is 21.0. The Morgan fingerprint density at radius 2 is 1.13 bits per heavy atom. The molecule has 0 saturated carbocycles. The Bertz CT molecular complexity index is 736. The normalized spacial score (nSPS) is 13.1. The lowest BCUT2D eigenvalue weighted by atomic mass is 10.3. The average Bonchev–Trinajstić information content (AvgIpc) is 3.46. The fourth-order valence-corrected chi connectivity index (χ4v) is 2.85. The monoisotopic (exact) mass is 418 g/mol. The van der Waals surface area contributed by atoms with E-state index in [1.54, 1.807) is 36.8 Å². The molecule has 2 aromatic heterocycles. The van der Waals surface area contributed by atoms with Crippen LogP contribution in [0.4, 0.5) is 0 Å². The summed E-state index contributed by atoms with van der Waals surface area (Å²) >= 11 is 0. The maximum Gasteiger partial charge on any atom is 0.157 e. The van der Waals surface area contributed by atoms with Crippen LogP contribution in [0.2, 0.25) is 0 Å². The summed E-state index contributed by atoms with van der Waals surface area (Å²) in [6.45, 7) is 2.83. The Hall–Kier alpha value is -2.78. The molecule has 0 amide bonds. The van der Waals surface area contributed by atoms with Gasteiger partial charge in [-0.2, -0.15) is 0 Å². The van der Waals surface area contributed by atoms with Crippen LogP contribution in [0, 0.1) is 0 Å². The molecule has 0 aliphatic heterocycles. The third-order valence-corrected chi connectivity index (χ3v) is 4.44. The molecule has 162 valence electrons. The number of quaternary nitrogens is 2. The minimum absolute atomic E-state index is 0.207. The molecule has 2 heterocycles. The second-order valence-corrected chi connectivity index (χ2v) is 7.02. The number of hydrogen-bond donors (Lipinski definition) is 4. The molecule has 1 aromatic carbocycles. The molecule has 30 heavy (non-hydrogen) atoms. The van der Waals surface area contributed by atoms with Crippen molar-refractivity contribution in [1.29, 1.82) is 0 Å². The summed E-state index contributed by atoms with van der Waals surface area (Å²) in [5.74, 6) is 3.05. The second-order valence-electron chi connectivity index (χ2n) is 7.02. The van der Waals surface area contributed by atoms with Gasteiger partial charge in [0.15, 0.2) is 11.5 Å². The molecule has 0 aliphatic carbocycles. The summed E-state index contributed by atoms with van der Waals surface area (Å²) < 4.78 is 21.7. The van der Waals surface area contributed by atoms with Crippen molar-refractivity contribution in [3.63, 3.8) is 0 Å². The molecule has 3 rings (SSSR count). The Morgan fingerprint density at radius 3 is 1.50 bits per heavy atom. The molecule has 0 fully saturated rings. The maximum absolute atomic E-state index is 10.0. The molecule has 0 unspecified atom stereocenters. The first-order valence-corrected chi connectivity index (χ1v) is 10.1. The molecule has 6 N–H and O–H groups in total. The van der Waals surface area contributed by atoms with Gasteiger partial charge < -0.3 is 39.2 Å². The Kier molecular flexibility index (Phi) is 8.80. The number of nitrogens with two attached hydrogens (primary N) is 2. The van der Waals surface area contributed by atoms with Crippen molar-refractivity contribution < 1.29 is 39.2 Å². The maximum atomic E-state index is 10.0. The van der Waals surface area contributed by atoms with E-state index in [4.69, 9.17) is 18.3 Å². The van der Waals surface area contributed by atoms with Crippen LogP contribution in [-0.4, -0.2) is 48.7 Å². The second kappa shape index (κ2) is 12.0. The van der Waals surface area contributed by atoms with E-state index in [1.165, 1.54) is 0 Å². The van der Waals surface area contributed by atoms with Crippen LogP contribution in [0.5, 0.6) is 11.5 Å². The van der Waals surface area contributed by atoms with Crippen LogP contribution in [0.25, 0.3) is 0 Å². The van der Waals surface area contributed by atoms with Gasteiger partial charge in [-0.05, 0) is 48.5 Å². The van der Waals surface area contributed by atoms with Crippen LogP contribution >= 0.6 is 0 Å². The molecule has 8 nitrogen and oxygen atoms in total. The number of ether oxygens (including phenoxy) is 2. The van der Waals surface area contributed by atoms with E-state index < -0.39 is 12.2 Å². The van der Waals surface area contributed by atoms with Crippen molar-refractivity contribution in [2.75, 3.05) is 26.3 Å². The number of aliphatic hydroxyl groups is 2. The highest BCUT2D eigenvalue weighted by molar-refractivity contribution is 5.31. The van der Waals surface area contributed by atoms with E-state index in [2.05, 4.69) is 0 Å². The summed E-state index contributed by atoms with van der Waals surface area (Å²) in [7, 11) is 0. The third-order valence-electron chi connectivity index (χ3n) is 4.44. The Morgan fingerprint density at radius 1 is 0.700 bits per heavy atom. The summed E-state index contributed by atoms with van der Waals surface area (Å²) in [5.41, 5.74) is 0. The lowest BCUT2D eigenvalue weighted by molar-refractivity contribution is -0.678. The van der Waals surface area contributed by atoms with Gasteiger partial charge in [-0.15, -0.1) is 0 Å². The highest BCUT2D eigenvalue weighted by atomic mass is 16.5. The number of rotatable bonds is 14. The largest absolute Gasteiger partial charge is 0.491 e. The molecular weight excluding hydrogens is 388 g/mol. The molecule has 0 radical (unpaired) electrons. The predicted octanol–water partition coefficient (Wildman–Crippen LogP) is -0.121. The van der Waals surface area contributed by atoms with Crippen LogP contribution in [-0.2, 0) is 13.1 Å². The average molecular weight is 418 g/mol. The lowest BCUT2D eigenvalue weighted by Gasteiger charge is -2.13. The van der Waals surface area contributed by atoms with Gasteiger partial charge in [0.1, 0.15) is 63.1 Å². The Labute approximate surface area is 175 Å². The summed E-state index contributed by atoms with van der Waals surface area (Å²) in [4.78, 5) is 0. The van der Waals surface area contributed by atoms with Crippen LogP contribution in [0.1, 0.15) is 11.5 Å². The molecule has 0 spiro atoms. The van der Waals surface area contributed by atoms with Gasteiger partial charge in [-0.3, -0.25) is 0 Å². The van der Waals surface area contributed by atoms with Crippen LogP contribution < -0.4 is 20.1 Å². The van der Waals surface area contributed by atoms with Gasteiger partial charge in [0.25, 0.3) is 0 Å². The zero-order valence-corrected chi connectivity index (χ0v) is 16.9. The fraction of sp³-hybridized carbons (Fsp3) is 0.364. The lowest BCUT2D eigenvalue weighted by Crippen LogP contribution is -2.85. The van der Waals surface area contributed by atoms with Gasteiger partial charge in [0.2, 0.25) is 0 Å². The van der Waals surface area contributed by atoms with Gasteiger partial charge in [-0.25, -0.2) is 0 Å². The molecule has 2 atom stereocenters. The van der Waals surface area contributed by atoms with E-state index in [9.17, 15) is 10.2 Å². The molecule has 0 aliphatic rings. The van der Waals surface area contributed by atoms with Crippen molar-refractivity contribution in [3.05, 3.63) is 72.6 Å². The first-order chi connectivity index (χ1) is 14.7. The predicted molar refractivity (Wildman–Crippen MR) is 108 cm³/mol. The highest BCUT2D eigenvalue weighted by Crippen LogP contribution is 2.17. The first-order valence-electron chi connectivity index (χ1n) is 10.1. The standard InChI is InChI=1S/C22H28N2O6/c25-17(11-23-13-21-3-1-9-27-21)15-29-19-5-7-20(8-6-19)30-16-18(26)12-24-14-22-4-2-10-28-22/h1-10,17-18,23-26H,11-16H2/p+2/t17-,18+. The van der Waals surface area contributed by atoms with E-state index in [1.807, 2.05) is 34.9 Å². The van der Waals surface area contributed by atoms with Crippen molar-refractivity contribution in [3.8, 4) is 11.5 Å². The van der Waals surface area contributed by atoms with E-state index >= 15 is 0 Å². The van der Waals surface area contributed by atoms with E-state index in [0.29, 0.717) is 37.7 Å². The van der Waals surface area contributed by atoms with Gasteiger partial charge in [0.05, 0.1) is 12.5 Å². The molecule has 0 saturated heterocycles. The first kappa shape index (κ1) is 21.9.